The Labute approximate surface area is 107 Å². The third kappa shape index (κ3) is 1.78. The Balaban J connectivity index is 2.01. The average molecular weight is 240 g/mol. The Hall–Kier alpha value is -1.83. The fourth-order valence-electron chi connectivity index (χ4n) is 2.54. The zero-order chi connectivity index (χ0) is 12.5. The lowest BCUT2D eigenvalue weighted by Gasteiger charge is -2.27. The highest BCUT2D eigenvalue weighted by Crippen LogP contribution is 2.38. The standard InChI is InChI=1S/C16H16O2/c1-11-13(9-10-18-11)16(17)15-8-3-2-7-14(15)12-5-4-6-12/h2-3,7-10,12H,4-6H2,1H3. The van der Waals surface area contributed by atoms with E-state index in [0.29, 0.717) is 17.2 Å². The van der Waals surface area contributed by atoms with E-state index in [2.05, 4.69) is 6.07 Å². The van der Waals surface area contributed by atoms with Crippen LogP contribution in [-0.4, -0.2) is 5.78 Å². The second kappa shape index (κ2) is 4.45. The van der Waals surface area contributed by atoms with Crippen molar-refractivity contribution in [3.8, 4) is 0 Å². The van der Waals surface area contributed by atoms with Crippen LogP contribution in [0.5, 0.6) is 0 Å². The van der Waals surface area contributed by atoms with Crippen LogP contribution < -0.4 is 0 Å². The molecule has 1 heterocycles. The lowest BCUT2D eigenvalue weighted by atomic mass is 9.77. The minimum atomic E-state index is 0.0868. The maximum Gasteiger partial charge on any atom is 0.196 e. The first-order chi connectivity index (χ1) is 8.77. The van der Waals surface area contributed by atoms with E-state index in [-0.39, 0.29) is 5.78 Å². The molecule has 1 saturated carbocycles. The first kappa shape index (κ1) is 11.3. The summed E-state index contributed by atoms with van der Waals surface area (Å²) in [6, 6.07) is 9.74. The smallest absolute Gasteiger partial charge is 0.196 e. The van der Waals surface area contributed by atoms with Crippen molar-refractivity contribution in [2.24, 2.45) is 0 Å². The van der Waals surface area contributed by atoms with Gasteiger partial charge in [0.05, 0.1) is 11.8 Å². The molecule has 2 heteroatoms. The molecule has 1 fully saturated rings. The molecular weight excluding hydrogens is 224 g/mol. The van der Waals surface area contributed by atoms with E-state index in [1.54, 1.807) is 12.3 Å². The van der Waals surface area contributed by atoms with Crippen LogP contribution in [0.3, 0.4) is 0 Å². The fraction of sp³-hybridized carbons (Fsp3) is 0.312. The normalized spacial score (nSPS) is 15.4. The topological polar surface area (TPSA) is 30.2 Å². The number of aryl methyl sites for hydroxylation is 1. The van der Waals surface area contributed by atoms with Gasteiger partial charge in [-0.05, 0) is 37.3 Å². The highest BCUT2D eigenvalue weighted by atomic mass is 16.3. The molecule has 1 aliphatic carbocycles. The van der Waals surface area contributed by atoms with Crippen LogP contribution in [0.1, 0.15) is 52.4 Å². The molecular formula is C16H16O2. The van der Waals surface area contributed by atoms with E-state index in [1.165, 1.54) is 24.8 Å². The summed E-state index contributed by atoms with van der Waals surface area (Å²) in [5.74, 6) is 1.35. The molecule has 2 aromatic rings. The van der Waals surface area contributed by atoms with Crippen LogP contribution in [0.15, 0.2) is 41.0 Å². The molecule has 0 amide bonds. The van der Waals surface area contributed by atoms with Gasteiger partial charge in [0.1, 0.15) is 5.76 Å². The largest absolute Gasteiger partial charge is 0.469 e. The van der Waals surface area contributed by atoms with Gasteiger partial charge in [0.15, 0.2) is 5.78 Å². The molecule has 3 rings (SSSR count). The molecule has 92 valence electrons. The van der Waals surface area contributed by atoms with Crippen molar-refractivity contribution in [2.75, 3.05) is 0 Å². The van der Waals surface area contributed by atoms with Crippen molar-refractivity contribution >= 4 is 5.78 Å². The minimum absolute atomic E-state index is 0.0868. The number of carbonyl (C=O) groups is 1. The molecule has 18 heavy (non-hydrogen) atoms. The predicted molar refractivity (Wildman–Crippen MR) is 69.9 cm³/mol. The van der Waals surface area contributed by atoms with Gasteiger partial charge in [0.25, 0.3) is 0 Å². The van der Waals surface area contributed by atoms with Crippen LogP contribution >= 0.6 is 0 Å². The number of hydrogen-bond acceptors (Lipinski definition) is 2. The van der Waals surface area contributed by atoms with Gasteiger partial charge in [-0.1, -0.05) is 30.7 Å². The fourth-order valence-corrected chi connectivity index (χ4v) is 2.54. The summed E-state index contributed by atoms with van der Waals surface area (Å²) in [5.41, 5.74) is 2.72. The summed E-state index contributed by atoms with van der Waals surface area (Å²) in [5, 5.41) is 0. The Kier molecular flexibility index (Phi) is 2.78. The van der Waals surface area contributed by atoms with Crippen molar-refractivity contribution < 1.29 is 9.21 Å². The summed E-state index contributed by atoms with van der Waals surface area (Å²) < 4.78 is 5.23. The second-order valence-electron chi connectivity index (χ2n) is 4.93. The number of ketones is 1. The third-order valence-electron chi connectivity index (χ3n) is 3.85. The molecule has 0 N–H and O–H groups in total. The zero-order valence-corrected chi connectivity index (χ0v) is 10.5. The molecule has 0 unspecified atom stereocenters. The average Bonchev–Trinajstić information content (AvgIpc) is 2.73. The van der Waals surface area contributed by atoms with Crippen LogP contribution in [0.2, 0.25) is 0 Å². The van der Waals surface area contributed by atoms with E-state index < -0.39 is 0 Å². The Bertz CT molecular complexity index is 576. The van der Waals surface area contributed by atoms with Crippen LogP contribution in [0.4, 0.5) is 0 Å². The number of rotatable bonds is 3. The molecule has 1 aliphatic rings. The lowest BCUT2D eigenvalue weighted by Crippen LogP contribution is -2.14. The quantitative estimate of drug-likeness (QED) is 0.756. The maximum atomic E-state index is 12.5. The van der Waals surface area contributed by atoms with Crippen LogP contribution in [-0.2, 0) is 0 Å². The maximum absolute atomic E-state index is 12.5. The van der Waals surface area contributed by atoms with Crippen molar-refractivity contribution in [1.82, 2.24) is 0 Å². The SMILES string of the molecule is Cc1occc1C(=O)c1ccccc1C1CCC1. The van der Waals surface area contributed by atoms with Gasteiger partial charge in [0.2, 0.25) is 0 Å². The Morgan fingerprint density at radius 2 is 1.94 bits per heavy atom. The van der Waals surface area contributed by atoms with E-state index in [4.69, 9.17) is 4.42 Å². The van der Waals surface area contributed by atoms with Gasteiger partial charge in [-0.2, -0.15) is 0 Å². The monoisotopic (exact) mass is 240 g/mol. The Morgan fingerprint density at radius 3 is 2.56 bits per heavy atom. The van der Waals surface area contributed by atoms with Gasteiger partial charge < -0.3 is 4.42 Å². The molecule has 0 aliphatic heterocycles. The van der Waals surface area contributed by atoms with Gasteiger partial charge in [-0.3, -0.25) is 4.79 Å². The highest BCUT2D eigenvalue weighted by molar-refractivity contribution is 6.10. The first-order valence-corrected chi connectivity index (χ1v) is 6.45. The summed E-state index contributed by atoms with van der Waals surface area (Å²) in [4.78, 5) is 12.5. The van der Waals surface area contributed by atoms with Gasteiger partial charge in [-0.15, -0.1) is 0 Å². The summed E-state index contributed by atoms with van der Waals surface area (Å²) in [6.07, 6.45) is 5.26. The first-order valence-electron chi connectivity index (χ1n) is 6.45. The highest BCUT2D eigenvalue weighted by Gasteiger charge is 2.25. The molecule has 0 spiro atoms. The minimum Gasteiger partial charge on any atom is -0.469 e. The molecule has 0 atom stereocenters. The van der Waals surface area contributed by atoms with E-state index in [9.17, 15) is 4.79 Å². The van der Waals surface area contributed by atoms with Crippen LogP contribution in [0.25, 0.3) is 0 Å². The van der Waals surface area contributed by atoms with Crippen molar-refractivity contribution in [3.63, 3.8) is 0 Å². The van der Waals surface area contributed by atoms with E-state index >= 15 is 0 Å². The summed E-state index contributed by atoms with van der Waals surface area (Å²) in [6.45, 7) is 1.83. The molecule has 1 aromatic heterocycles. The van der Waals surface area contributed by atoms with Crippen molar-refractivity contribution in [1.29, 1.82) is 0 Å². The van der Waals surface area contributed by atoms with E-state index in [1.807, 2.05) is 25.1 Å². The number of benzene rings is 1. The van der Waals surface area contributed by atoms with Gasteiger partial charge in [-0.25, -0.2) is 0 Å². The van der Waals surface area contributed by atoms with Gasteiger partial charge >= 0.3 is 0 Å². The van der Waals surface area contributed by atoms with Crippen molar-refractivity contribution in [2.45, 2.75) is 32.1 Å². The third-order valence-corrected chi connectivity index (χ3v) is 3.85. The molecule has 0 bridgehead atoms. The molecule has 0 saturated heterocycles. The predicted octanol–water partition coefficient (Wildman–Crippen LogP) is 4.09. The van der Waals surface area contributed by atoms with Crippen molar-refractivity contribution in [3.05, 3.63) is 59.0 Å². The molecule has 1 aromatic carbocycles. The Morgan fingerprint density at radius 1 is 1.17 bits per heavy atom. The summed E-state index contributed by atoms with van der Waals surface area (Å²) in [7, 11) is 0. The number of hydrogen-bond donors (Lipinski definition) is 0. The molecule has 2 nitrogen and oxygen atoms in total. The van der Waals surface area contributed by atoms with E-state index in [0.717, 1.165) is 5.56 Å². The van der Waals surface area contributed by atoms with Crippen LogP contribution in [0, 0.1) is 6.92 Å². The molecule has 0 radical (unpaired) electrons. The second-order valence-corrected chi connectivity index (χ2v) is 4.93. The lowest BCUT2D eigenvalue weighted by molar-refractivity contribution is 0.103. The summed E-state index contributed by atoms with van der Waals surface area (Å²) >= 11 is 0. The zero-order valence-electron chi connectivity index (χ0n) is 10.5. The van der Waals surface area contributed by atoms with Gasteiger partial charge in [0, 0.05) is 5.56 Å². The number of furan rings is 1. The number of carbonyl (C=O) groups excluding carboxylic acids is 1.